The lowest BCUT2D eigenvalue weighted by atomic mass is 10.0. The number of halogens is 12. The fourth-order valence-corrected chi connectivity index (χ4v) is 1.66. The molecule has 0 heterocycles. The molecule has 0 aliphatic rings. The molecule has 0 spiro atoms. The van der Waals surface area contributed by atoms with Gasteiger partial charge in [-0.05, 0) is 12.1 Å². The maximum absolute atomic E-state index is 13.3. The van der Waals surface area contributed by atoms with Gasteiger partial charge in [-0.15, -0.1) is 0 Å². The predicted octanol–water partition coefficient (Wildman–Crippen LogP) is 5.88. The summed E-state index contributed by atoms with van der Waals surface area (Å²) < 4.78 is 144. The van der Waals surface area contributed by atoms with E-state index in [0.717, 1.165) is 6.07 Å². The minimum Gasteiger partial charge on any atom is -0.430 e. The van der Waals surface area contributed by atoms with Gasteiger partial charge in [-0.3, -0.25) is 0 Å². The first-order chi connectivity index (χ1) is 11.4. The zero-order valence-electron chi connectivity index (χ0n) is 11.8. The average Bonchev–Trinajstić information content (AvgIpc) is 2.43. The van der Waals surface area contributed by atoms with E-state index in [0.29, 0.717) is 12.1 Å². The Bertz CT molecular complexity index is 693. The van der Waals surface area contributed by atoms with Crippen LogP contribution >= 0.6 is 11.6 Å². The van der Waals surface area contributed by atoms with Crippen LogP contribution < -0.4 is 10.5 Å². The van der Waals surface area contributed by atoms with E-state index >= 15 is 0 Å². The van der Waals surface area contributed by atoms with Gasteiger partial charge in [0, 0.05) is 16.8 Å². The van der Waals surface area contributed by atoms with E-state index in [1.165, 1.54) is 0 Å². The molecule has 2 N–H and O–H groups in total. The highest BCUT2D eigenvalue weighted by atomic mass is 35.5. The lowest BCUT2D eigenvalue weighted by Gasteiger charge is -2.32. The molecule has 1 aromatic rings. The first kappa shape index (κ1) is 22.1. The summed E-state index contributed by atoms with van der Waals surface area (Å²) in [5, 5.41) is -0.311. The van der Waals surface area contributed by atoms with Gasteiger partial charge < -0.3 is 10.5 Å². The maximum atomic E-state index is 13.3. The SMILES string of the molecule is Nc1cc(Cl)cc(OC(F)=C(F)C(F)(F)C(F)(F)C(F)(F)C(F)(F)F)c1. The van der Waals surface area contributed by atoms with Crippen molar-refractivity contribution in [3.8, 4) is 5.75 Å². The Hall–Kier alpha value is -1.92. The second kappa shape index (κ2) is 6.67. The fourth-order valence-electron chi connectivity index (χ4n) is 1.43. The van der Waals surface area contributed by atoms with Crippen molar-refractivity contribution in [1.82, 2.24) is 0 Å². The summed E-state index contributed by atoms with van der Waals surface area (Å²) in [6.07, 6.45) is -7.18. The maximum Gasteiger partial charge on any atom is 0.460 e. The summed E-state index contributed by atoms with van der Waals surface area (Å²) in [6, 6.07) is -0.918. The van der Waals surface area contributed by atoms with Crippen LogP contribution in [0.1, 0.15) is 0 Å². The lowest BCUT2D eigenvalue weighted by molar-refractivity contribution is -0.392. The van der Waals surface area contributed by atoms with Crippen molar-refractivity contribution >= 4 is 17.3 Å². The zero-order valence-corrected chi connectivity index (χ0v) is 12.5. The van der Waals surface area contributed by atoms with E-state index in [1.54, 1.807) is 0 Å². The molecule has 0 fully saturated rings. The summed E-state index contributed by atoms with van der Waals surface area (Å²) in [5.41, 5.74) is 4.89. The van der Waals surface area contributed by atoms with Crippen molar-refractivity contribution in [3.63, 3.8) is 0 Å². The first-order valence-corrected chi connectivity index (χ1v) is 6.32. The third kappa shape index (κ3) is 3.76. The number of alkyl halides is 9. The third-order valence-corrected chi connectivity index (χ3v) is 2.91. The summed E-state index contributed by atoms with van der Waals surface area (Å²) >= 11 is 5.40. The average molecular weight is 424 g/mol. The number of ether oxygens (including phenoxy) is 1. The van der Waals surface area contributed by atoms with Crippen molar-refractivity contribution < 1.29 is 53.0 Å². The molecule has 0 aliphatic carbocycles. The number of hydrogen-bond donors (Lipinski definition) is 1. The standard InChI is InChI=1S/C12H5ClF11NO/c13-4-1-5(25)3-6(2-4)26-8(15)7(14)9(16,17)10(18,19)11(20,21)12(22,23)24/h1-3H,25H2. The number of benzene rings is 1. The van der Waals surface area contributed by atoms with Crippen LogP contribution in [0.5, 0.6) is 5.75 Å². The van der Waals surface area contributed by atoms with Crippen molar-refractivity contribution in [2.45, 2.75) is 23.9 Å². The van der Waals surface area contributed by atoms with Crippen LogP contribution in [0, 0.1) is 0 Å². The molecule has 1 aromatic carbocycles. The van der Waals surface area contributed by atoms with E-state index in [9.17, 15) is 48.3 Å². The molecule has 0 saturated heterocycles. The van der Waals surface area contributed by atoms with Crippen LogP contribution in [0.2, 0.25) is 5.02 Å². The highest BCUT2D eigenvalue weighted by Crippen LogP contribution is 2.55. The van der Waals surface area contributed by atoms with E-state index in [-0.39, 0.29) is 10.7 Å². The molecule has 2 nitrogen and oxygen atoms in total. The minimum atomic E-state index is -7.39. The number of allylic oxidation sites excluding steroid dienone is 1. The summed E-state index contributed by atoms with van der Waals surface area (Å²) in [5.74, 6) is -26.6. The molecule has 1 rings (SSSR count). The third-order valence-electron chi connectivity index (χ3n) is 2.69. The Labute approximate surface area is 142 Å². The second-order valence-corrected chi connectivity index (χ2v) is 5.07. The van der Waals surface area contributed by atoms with Crippen LogP contribution in [0.4, 0.5) is 54.0 Å². The molecule has 0 amide bonds. The van der Waals surface area contributed by atoms with Crippen molar-refractivity contribution in [2.75, 3.05) is 5.73 Å². The number of nitrogen functional groups attached to an aromatic ring is 1. The molecule has 0 aliphatic heterocycles. The molecule has 148 valence electrons. The molecular weight excluding hydrogens is 419 g/mol. The molecule has 0 unspecified atom stereocenters. The normalized spacial score (nSPS) is 14.9. The number of nitrogens with two attached hydrogens (primary N) is 1. The smallest absolute Gasteiger partial charge is 0.430 e. The van der Waals surface area contributed by atoms with Crippen molar-refractivity contribution in [2.24, 2.45) is 0 Å². The molecule has 0 bridgehead atoms. The highest BCUT2D eigenvalue weighted by Gasteiger charge is 2.83. The fraction of sp³-hybridized carbons (Fsp3) is 0.333. The van der Waals surface area contributed by atoms with Crippen LogP contribution in [-0.2, 0) is 0 Å². The quantitative estimate of drug-likeness (QED) is 0.365. The van der Waals surface area contributed by atoms with E-state index in [4.69, 9.17) is 17.3 Å². The molecule has 26 heavy (non-hydrogen) atoms. The lowest BCUT2D eigenvalue weighted by Crippen LogP contribution is -2.61. The van der Waals surface area contributed by atoms with Gasteiger partial charge in [0.25, 0.3) is 0 Å². The first-order valence-electron chi connectivity index (χ1n) is 5.95. The van der Waals surface area contributed by atoms with Gasteiger partial charge in [-0.1, -0.05) is 11.6 Å². The van der Waals surface area contributed by atoms with Gasteiger partial charge in [0.05, 0.1) is 0 Å². The van der Waals surface area contributed by atoms with Crippen LogP contribution in [0.25, 0.3) is 0 Å². The minimum absolute atomic E-state index is 0.290. The molecule has 0 radical (unpaired) electrons. The molecule has 14 heteroatoms. The zero-order chi connectivity index (χ0) is 20.7. The summed E-state index contributed by atoms with van der Waals surface area (Å²) in [4.78, 5) is 0. The topological polar surface area (TPSA) is 35.2 Å². The summed E-state index contributed by atoms with van der Waals surface area (Å²) in [6.45, 7) is 0. The van der Waals surface area contributed by atoms with Gasteiger partial charge in [0.1, 0.15) is 5.75 Å². The van der Waals surface area contributed by atoms with E-state index in [2.05, 4.69) is 4.74 Å². The van der Waals surface area contributed by atoms with Gasteiger partial charge >= 0.3 is 30.0 Å². The molecular formula is C12H5ClF11NO. The summed E-state index contributed by atoms with van der Waals surface area (Å²) in [7, 11) is 0. The Morgan fingerprint density at radius 1 is 0.846 bits per heavy atom. The number of anilines is 1. The van der Waals surface area contributed by atoms with Crippen molar-refractivity contribution in [3.05, 3.63) is 35.1 Å². The largest absolute Gasteiger partial charge is 0.460 e. The van der Waals surface area contributed by atoms with Crippen LogP contribution in [0.15, 0.2) is 30.0 Å². The number of rotatable bonds is 5. The predicted molar refractivity (Wildman–Crippen MR) is 66.6 cm³/mol. The van der Waals surface area contributed by atoms with E-state index in [1.807, 2.05) is 0 Å². The van der Waals surface area contributed by atoms with Gasteiger partial charge in [0.15, 0.2) is 0 Å². The monoisotopic (exact) mass is 423 g/mol. The molecule has 0 saturated carbocycles. The van der Waals surface area contributed by atoms with Crippen LogP contribution in [-0.4, -0.2) is 23.9 Å². The van der Waals surface area contributed by atoms with Crippen LogP contribution in [0.3, 0.4) is 0 Å². The second-order valence-electron chi connectivity index (χ2n) is 4.63. The Morgan fingerprint density at radius 2 is 1.35 bits per heavy atom. The Kier molecular flexibility index (Phi) is 5.67. The highest BCUT2D eigenvalue weighted by molar-refractivity contribution is 6.31. The Morgan fingerprint density at radius 3 is 1.77 bits per heavy atom. The number of hydrogen-bond acceptors (Lipinski definition) is 2. The van der Waals surface area contributed by atoms with Crippen molar-refractivity contribution in [1.29, 1.82) is 0 Å². The van der Waals surface area contributed by atoms with Gasteiger partial charge in [0.2, 0.25) is 5.83 Å². The Balaban J connectivity index is 3.33. The molecule has 0 aromatic heterocycles. The van der Waals surface area contributed by atoms with E-state index < -0.39 is 41.5 Å². The molecule has 0 atom stereocenters. The van der Waals surface area contributed by atoms with Gasteiger partial charge in [-0.25, -0.2) is 0 Å². The van der Waals surface area contributed by atoms with Gasteiger partial charge in [-0.2, -0.15) is 48.3 Å².